The Balaban J connectivity index is -0.000000316. The number of rotatable bonds is 33. The maximum absolute atomic E-state index is 12.1. The van der Waals surface area contributed by atoms with Crippen LogP contribution in [0.1, 0.15) is 209 Å². The van der Waals surface area contributed by atoms with E-state index in [9.17, 15) is 35.5 Å². The number of carbonyl (C=O) groups is 2. The summed E-state index contributed by atoms with van der Waals surface area (Å²) in [6.07, 6.45) is 21.8. The number of esters is 2. The zero-order valence-electron chi connectivity index (χ0n) is 50.6. The Labute approximate surface area is 515 Å². The van der Waals surface area contributed by atoms with E-state index in [-0.39, 0.29) is 113 Å². The molecular weight excluding hydrogens is 1050 g/mol. The molecule has 0 aliphatic carbocycles. The van der Waals surface area contributed by atoms with Crippen LogP contribution < -0.4 is 76.3 Å². The van der Waals surface area contributed by atoms with Crippen LogP contribution in [-0.2, 0) is 51.1 Å². The maximum atomic E-state index is 12.1. The average Bonchev–Trinajstić information content (AvgIpc) is 3.29. The molecule has 3 unspecified atom stereocenters. The Morgan fingerprint density at radius 3 is 1.43 bits per heavy atom. The van der Waals surface area contributed by atoms with Crippen LogP contribution in [0.3, 0.4) is 0 Å². The molecule has 0 aliphatic heterocycles. The van der Waals surface area contributed by atoms with Crippen LogP contribution in [-0.4, -0.2) is 107 Å². The quantitative estimate of drug-likeness (QED) is 0.0356. The van der Waals surface area contributed by atoms with Crippen LogP contribution in [0.4, 0.5) is 0 Å². The molecule has 0 saturated heterocycles. The predicted octanol–water partition coefficient (Wildman–Crippen LogP) is 3.97. The van der Waals surface area contributed by atoms with Crippen molar-refractivity contribution in [3.05, 3.63) is 59.7 Å². The topological polar surface area (TPSA) is 196 Å². The van der Waals surface area contributed by atoms with Crippen LogP contribution in [0, 0.1) is 17.3 Å². The largest absolute Gasteiger partial charge is 1.00 e. The van der Waals surface area contributed by atoms with Gasteiger partial charge in [0, 0.05) is 0 Å². The van der Waals surface area contributed by atoms with E-state index >= 15 is 0 Å². The second-order valence-corrected chi connectivity index (χ2v) is 25.7. The molecule has 0 fully saturated rings. The minimum Gasteiger partial charge on any atom is -1.00 e. The summed E-state index contributed by atoms with van der Waals surface area (Å²) in [7, 11) is -0.828. The van der Waals surface area contributed by atoms with Gasteiger partial charge in [0.1, 0.15) is 32.6 Å². The maximum Gasteiger partial charge on any atom is 1.00 e. The number of benzene rings is 2. The normalized spacial score (nSPS) is 12.6. The van der Waals surface area contributed by atoms with Crippen molar-refractivity contribution in [2.45, 2.75) is 220 Å². The van der Waals surface area contributed by atoms with Gasteiger partial charge in [0.2, 0.25) is 0 Å². The minimum atomic E-state index is -5.01. The Bertz CT molecular complexity index is 1940. The molecule has 0 aromatic heterocycles. The number of hydrogen-bond acceptors (Lipinski definition) is 12. The van der Waals surface area contributed by atoms with Gasteiger partial charge in [-0.15, -0.1) is 0 Å². The number of aliphatic hydroxyl groups excluding tert-OH is 1. The third-order valence-electron chi connectivity index (χ3n) is 12.0. The molecule has 0 bridgehead atoms. The summed E-state index contributed by atoms with van der Waals surface area (Å²) in [6, 6.07) is 14.5. The molecule has 18 heteroatoms. The molecule has 0 radical (unpaired) electrons. The molecule has 0 heterocycles. The second-order valence-electron chi connectivity index (χ2n) is 22.8. The van der Waals surface area contributed by atoms with E-state index in [2.05, 4.69) is 95.7 Å². The van der Waals surface area contributed by atoms with E-state index in [4.69, 9.17) is 19.3 Å². The van der Waals surface area contributed by atoms with E-state index in [1.54, 1.807) is 12.1 Å². The third kappa shape index (κ3) is 48.0. The first-order valence-corrected chi connectivity index (χ1v) is 30.3. The van der Waals surface area contributed by atoms with Crippen molar-refractivity contribution in [2.24, 2.45) is 17.3 Å². The van der Waals surface area contributed by atoms with Crippen molar-refractivity contribution in [1.29, 1.82) is 0 Å². The van der Waals surface area contributed by atoms with Gasteiger partial charge in [-0.1, -0.05) is 190 Å². The number of aliphatic hydroxyl groups is 1. The molecule has 0 aliphatic rings. The number of aryl methyl sites for hydroxylation is 1. The van der Waals surface area contributed by atoms with E-state index in [1.165, 1.54) is 75.5 Å². The van der Waals surface area contributed by atoms with Gasteiger partial charge in [0.25, 0.3) is 0 Å². The molecular formula is C58H104ClNNa2O12S2. The summed E-state index contributed by atoms with van der Waals surface area (Å²) >= 11 is 0. The monoisotopic (exact) mass is 1150 g/mol. The first kappa shape index (κ1) is 84.0. The zero-order valence-corrected chi connectivity index (χ0v) is 57.0. The van der Waals surface area contributed by atoms with E-state index in [0.29, 0.717) is 12.0 Å². The summed E-state index contributed by atoms with van der Waals surface area (Å²) < 4.78 is 83.4. The summed E-state index contributed by atoms with van der Waals surface area (Å²) in [5.41, 5.74) is 2.91. The van der Waals surface area contributed by atoms with Gasteiger partial charge in [0.15, 0.2) is 5.25 Å². The van der Waals surface area contributed by atoms with Crippen molar-refractivity contribution in [3.63, 3.8) is 0 Å². The Morgan fingerprint density at radius 2 is 1.05 bits per heavy atom. The third-order valence-corrected chi connectivity index (χ3v) is 13.9. The van der Waals surface area contributed by atoms with Gasteiger partial charge in [-0.2, -0.15) is 0 Å². The molecule has 2 aromatic rings. The van der Waals surface area contributed by atoms with E-state index in [1.807, 2.05) is 26.0 Å². The van der Waals surface area contributed by atoms with Crippen molar-refractivity contribution in [3.8, 4) is 5.75 Å². The summed E-state index contributed by atoms with van der Waals surface area (Å²) in [5, 5.41) is 6.66. The molecule has 13 nitrogen and oxygen atoms in total. The SMILES string of the molecule is CC(C)(C)CC(C)(C)c1ccc(OCCO)cc1.CCCCC(CC)COC(=O)CC(C(=O)OCC(CC)CCCC)S(=O)(=O)[O-].CCCCCCCCCCCCc1ccc(S(=O)(=O)[O-])cc1.C[N+](C)(C)C.[Cl-].[Na+].[Na+]. The summed E-state index contributed by atoms with van der Waals surface area (Å²) in [5.74, 6) is -0.926. The molecule has 1 N–H and O–H groups in total. The number of ether oxygens (including phenoxy) is 3. The number of carbonyl (C=O) groups excluding carboxylic acids is 2. The summed E-state index contributed by atoms with van der Waals surface area (Å²) in [4.78, 5) is 24.0. The van der Waals surface area contributed by atoms with E-state index < -0.39 is 43.8 Å². The average molecular weight is 1150 g/mol. The van der Waals surface area contributed by atoms with Gasteiger partial charge >= 0.3 is 71.1 Å². The molecule has 3 atom stereocenters. The van der Waals surface area contributed by atoms with Crippen LogP contribution in [0.25, 0.3) is 0 Å². The Morgan fingerprint density at radius 1 is 0.632 bits per heavy atom. The molecule has 434 valence electrons. The van der Waals surface area contributed by atoms with Crippen LogP contribution in [0.5, 0.6) is 5.75 Å². The molecule has 0 spiro atoms. The van der Waals surface area contributed by atoms with Crippen molar-refractivity contribution in [1.82, 2.24) is 0 Å². The van der Waals surface area contributed by atoms with Gasteiger partial charge in [0.05, 0.1) is 59.3 Å². The first-order valence-electron chi connectivity index (χ1n) is 27.4. The van der Waals surface area contributed by atoms with Crippen LogP contribution in [0.2, 0.25) is 0 Å². The van der Waals surface area contributed by atoms with Gasteiger partial charge < -0.3 is 45.3 Å². The van der Waals surface area contributed by atoms with Crippen LogP contribution in [0.15, 0.2) is 53.4 Å². The number of hydrogen-bond donors (Lipinski definition) is 1. The number of unbranched alkanes of at least 4 members (excludes halogenated alkanes) is 11. The van der Waals surface area contributed by atoms with Gasteiger partial charge in [-0.3, -0.25) is 9.59 Å². The molecule has 0 amide bonds. The predicted molar refractivity (Wildman–Crippen MR) is 297 cm³/mol. The number of nitrogens with zero attached hydrogens (tertiary/aromatic N) is 1. The number of quaternary nitrogens is 1. The molecule has 2 aromatic carbocycles. The Hall–Kier alpha value is -0.790. The molecule has 76 heavy (non-hydrogen) atoms. The first-order chi connectivity index (χ1) is 34.0. The smallest absolute Gasteiger partial charge is 1.00 e. The van der Waals surface area contributed by atoms with E-state index in [0.717, 1.165) is 86.4 Å². The fourth-order valence-corrected chi connectivity index (χ4v) is 9.16. The van der Waals surface area contributed by atoms with Crippen molar-refractivity contribution in [2.75, 3.05) is 54.6 Å². The second kappa shape index (κ2) is 46.8. The standard InChI is InChI=1S/C20H38O7S.C18H30O3S.C16H26O2.C4H12N.ClH.2Na/c1-5-9-11-16(7-3)14-26-19(21)13-18(28(23,24)25)20(22)27-15-17(8-4)12-10-6-2;1-2-3-4-5-6-7-8-9-10-11-12-17-13-15-18(16-14-17)22(19,20)21;1-15(2,3)12-16(4,5)13-6-8-14(9-7-13)18-11-10-17;1-5(2,3)4;;;/h16-18H,5-15H2,1-4H3,(H,23,24,25);13-16H,2-12H2,1H3,(H,19,20,21);6-9,17H,10-12H2,1-5H3;1-4H3;1H;;/q;;;+1;;2*+1/p-3. The zero-order chi connectivity index (χ0) is 56.2. The fraction of sp³-hybridized carbons (Fsp3) is 0.759. The minimum absolute atomic E-state index is 0. The van der Waals surface area contributed by atoms with Crippen molar-refractivity contribution < 1.29 is 131 Å². The van der Waals surface area contributed by atoms with Crippen molar-refractivity contribution >= 4 is 32.2 Å². The Kier molecular flexibility index (Phi) is 51.7. The molecule has 0 saturated carbocycles. The molecule has 2 rings (SSSR count). The van der Waals surface area contributed by atoms with Crippen LogP contribution >= 0.6 is 0 Å². The number of halogens is 1. The fourth-order valence-electron chi connectivity index (χ4n) is 8.05. The summed E-state index contributed by atoms with van der Waals surface area (Å²) in [6.45, 7) is 22.3. The van der Waals surface area contributed by atoms with Gasteiger partial charge in [-0.25, -0.2) is 16.8 Å². The van der Waals surface area contributed by atoms with Gasteiger partial charge in [-0.05, 0) is 90.2 Å².